The predicted octanol–water partition coefficient (Wildman–Crippen LogP) is 4.26. The number of halogens is 1. The van der Waals surface area contributed by atoms with Crippen molar-refractivity contribution in [1.29, 1.82) is 0 Å². The molecule has 0 saturated heterocycles. The Balaban J connectivity index is 1.77. The number of aliphatic imine (C=N–C) groups is 1. The van der Waals surface area contributed by atoms with Gasteiger partial charge < -0.3 is 11.1 Å². The van der Waals surface area contributed by atoms with Crippen LogP contribution in [0.1, 0.15) is 29.3 Å². The summed E-state index contributed by atoms with van der Waals surface area (Å²) in [5, 5.41) is 4.04. The quantitative estimate of drug-likeness (QED) is 0.860. The minimum absolute atomic E-state index is 0.170. The van der Waals surface area contributed by atoms with E-state index in [-0.39, 0.29) is 11.4 Å². The van der Waals surface area contributed by atoms with Gasteiger partial charge in [-0.2, -0.15) is 0 Å². The molecule has 0 spiro atoms. The Bertz CT molecular complexity index is 791. The molecule has 2 aromatic rings. The number of thioether (sulfide) groups is 1. The Morgan fingerprint density at radius 1 is 1.29 bits per heavy atom. The van der Waals surface area contributed by atoms with Crippen LogP contribution in [-0.2, 0) is 5.54 Å². The summed E-state index contributed by atoms with van der Waals surface area (Å²) in [6.07, 6.45) is 0.923. The molecule has 2 aromatic carbocycles. The lowest BCUT2D eigenvalue weighted by Gasteiger charge is -2.29. The SMILES string of the molecule is CC1(c2ccc(C(=O)Nc3cccc(Cl)c3)cc2)CCSC(N)=N1. The number of carbonyl (C=O) groups is 1. The van der Waals surface area contributed by atoms with E-state index in [0.29, 0.717) is 21.4 Å². The molecular formula is C18H18ClN3OS. The topological polar surface area (TPSA) is 67.5 Å². The molecule has 1 amide bonds. The molecule has 0 fully saturated rings. The molecule has 6 heteroatoms. The second-order valence-corrected chi connectivity index (χ2v) is 7.42. The highest BCUT2D eigenvalue weighted by Gasteiger charge is 2.29. The summed E-state index contributed by atoms with van der Waals surface area (Å²) >= 11 is 7.51. The summed E-state index contributed by atoms with van der Waals surface area (Å²) in [4.78, 5) is 16.9. The second kappa shape index (κ2) is 6.87. The average Bonchev–Trinajstić information content (AvgIpc) is 2.55. The number of amides is 1. The fourth-order valence-corrected chi connectivity index (χ4v) is 3.81. The Hall–Kier alpha value is -1.98. The third-order valence-electron chi connectivity index (χ3n) is 4.05. The smallest absolute Gasteiger partial charge is 0.255 e. The highest BCUT2D eigenvalue weighted by atomic mass is 35.5. The first-order valence-corrected chi connectivity index (χ1v) is 8.98. The number of benzene rings is 2. The first kappa shape index (κ1) is 16.9. The van der Waals surface area contributed by atoms with Crippen LogP contribution < -0.4 is 11.1 Å². The number of nitrogens with zero attached hydrogens (tertiary/aromatic N) is 1. The van der Waals surface area contributed by atoms with Crippen LogP contribution in [0.25, 0.3) is 0 Å². The van der Waals surface area contributed by atoms with E-state index in [4.69, 9.17) is 17.3 Å². The van der Waals surface area contributed by atoms with Gasteiger partial charge in [-0.25, -0.2) is 0 Å². The van der Waals surface area contributed by atoms with Crippen molar-refractivity contribution in [2.24, 2.45) is 10.7 Å². The van der Waals surface area contributed by atoms with Gasteiger partial charge in [-0.15, -0.1) is 0 Å². The minimum Gasteiger partial charge on any atom is -0.379 e. The third kappa shape index (κ3) is 3.74. The molecule has 0 bridgehead atoms. The van der Waals surface area contributed by atoms with Crippen LogP contribution in [-0.4, -0.2) is 16.8 Å². The fraction of sp³-hybridized carbons (Fsp3) is 0.222. The monoisotopic (exact) mass is 359 g/mol. The van der Waals surface area contributed by atoms with Gasteiger partial charge in [0.05, 0.1) is 5.54 Å². The van der Waals surface area contributed by atoms with Gasteiger partial charge in [0.1, 0.15) is 0 Å². The van der Waals surface area contributed by atoms with E-state index < -0.39 is 0 Å². The van der Waals surface area contributed by atoms with Gasteiger partial charge in [-0.3, -0.25) is 9.79 Å². The molecule has 1 aliphatic heterocycles. The predicted molar refractivity (Wildman–Crippen MR) is 102 cm³/mol. The Morgan fingerprint density at radius 2 is 2.04 bits per heavy atom. The molecule has 0 aliphatic carbocycles. The lowest BCUT2D eigenvalue weighted by molar-refractivity contribution is 0.102. The maximum absolute atomic E-state index is 12.3. The van der Waals surface area contributed by atoms with E-state index in [1.807, 2.05) is 24.3 Å². The number of nitrogens with one attached hydrogen (secondary N) is 1. The molecule has 4 nitrogen and oxygen atoms in total. The lowest BCUT2D eigenvalue weighted by atomic mass is 9.89. The van der Waals surface area contributed by atoms with Crippen molar-refractivity contribution in [2.45, 2.75) is 18.9 Å². The third-order valence-corrected chi connectivity index (χ3v) is 5.08. The van der Waals surface area contributed by atoms with Crippen LogP contribution in [0.4, 0.5) is 5.69 Å². The summed E-state index contributed by atoms with van der Waals surface area (Å²) in [6.45, 7) is 2.07. The largest absolute Gasteiger partial charge is 0.379 e. The molecule has 1 unspecified atom stereocenters. The van der Waals surface area contributed by atoms with Crippen molar-refractivity contribution in [1.82, 2.24) is 0 Å². The van der Waals surface area contributed by atoms with Crippen molar-refractivity contribution in [3.8, 4) is 0 Å². The standard InChI is InChI=1S/C18H18ClN3OS/c1-18(9-10-24-17(20)22-18)13-7-5-12(6-8-13)16(23)21-15-4-2-3-14(19)11-15/h2-8,11H,9-10H2,1H3,(H2,20,22)(H,21,23). The van der Waals surface area contributed by atoms with Crippen LogP contribution in [0.15, 0.2) is 53.5 Å². The Morgan fingerprint density at radius 3 is 2.71 bits per heavy atom. The van der Waals surface area contributed by atoms with Gasteiger partial charge in [0.2, 0.25) is 0 Å². The van der Waals surface area contributed by atoms with E-state index >= 15 is 0 Å². The number of nitrogens with two attached hydrogens (primary N) is 1. The Labute approximate surface area is 150 Å². The zero-order chi connectivity index (χ0) is 17.2. The molecule has 24 heavy (non-hydrogen) atoms. The zero-order valence-electron chi connectivity index (χ0n) is 13.3. The lowest BCUT2D eigenvalue weighted by Crippen LogP contribution is -2.28. The van der Waals surface area contributed by atoms with Gasteiger partial charge in [0.15, 0.2) is 5.17 Å². The number of anilines is 1. The molecule has 0 aromatic heterocycles. The van der Waals surface area contributed by atoms with Gasteiger partial charge in [0.25, 0.3) is 5.91 Å². The van der Waals surface area contributed by atoms with E-state index in [9.17, 15) is 4.79 Å². The van der Waals surface area contributed by atoms with E-state index in [1.165, 1.54) is 0 Å². The van der Waals surface area contributed by atoms with Crippen molar-refractivity contribution in [3.05, 3.63) is 64.7 Å². The number of hydrogen-bond acceptors (Lipinski definition) is 4. The molecule has 1 heterocycles. The number of carbonyl (C=O) groups excluding carboxylic acids is 1. The maximum Gasteiger partial charge on any atom is 0.255 e. The fourth-order valence-electron chi connectivity index (χ4n) is 2.64. The number of rotatable bonds is 3. The van der Waals surface area contributed by atoms with Crippen molar-refractivity contribution < 1.29 is 4.79 Å². The summed E-state index contributed by atoms with van der Waals surface area (Å²) in [7, 11) is 0. The first-order valence-electron chi connectivity index (χ1n) is 7.62. The molecule has 3 N–H and O–H groups in total. The van der Waals surface area contributed by atoms with E-state index in [1.54, 1.807) is 36.0 Å². The number of amidine groups is 1. The highest BCUT2D eigenvalue weighted by molar-refractivity contribution is 8.13. The summed E-state index contributed by atoms with van der Waals surface area (Å²) < 4.78 is 0. The van der Waals surface area contributed by atoms with Gasteiger partial charge in [-0.1, -0.05) is 41.6 Å². The number of hydrogen-bond donors (Lipinski definition) is 2. The minimum atomic E-state index is -0.322. The average molecular weight is 360 g/mol. The van der Waals surface area contributed by atoms with Gasteiger partial charge in [0, 0.05) is 22.0 Å². The Kier molecular flexibility index (Phi) is 4.83. The second-order valence-electron chi connectivity index (χ2n) is 5.86. The highest BCUT2D eigenvalue weighted by Crippen LogP contribution is 2.35. The summed E-state index contributed by atoms with van der Waals surface area (Å²) in [5.74, 6) is 0.777. The van der Waals surface area contributed by atoms with E-state index in [2.05, 4.69) is 17.2 Å². The van der Waals surface area contributed by atoms with Gasteiger partial charge in [-0.05, 0) is 49.2 Å². The van der Waals surface area contributed by atoms with Crippen LogP contribution in [0.2, 0.25) is 5.02 Å². The molecule has 1 aliphatic rings. The molecule has 0 radical (unpaired) electrons. The molecular weight excluding hydrogens is 342 g/mol. The van der Waals surface area contributed by atoms with Crippen molar-refractivity contribution in [2.75, 3.05) is 11.1 Å². The van der Waals surface area contributed by atoms with Crippen LogP contribution in [0.3, 0.4) is 0 Å². The summed E-state index contributed by atoms with van der Waals surface area (Å²) in [5.41, 5.74) is 7.86. The van der Waals surface area contributed by atoms with E-state index in [0.717, 1.165) is 17.7 Å². The zero-order valence-corrected chi connectivity index (χ0v) is 14.8. The maximum atomic E-state index is 12.3. The van der Waals surface area contributed by atoms with Gasteiger partial charge >= 0.3 is 0 Å². The first-order chi connectivity index (χ1) is 11.5. The van der Waals surface area contributed by atoms with Crippen molar-refractivity contribution in [3.63, 3.8) is 0 Å². The summed E-state index contributed by atoms with van der Waals surface area (Å²) in [6, 6.07) is 14.6. The van der Waals surface area contributed by atoms with Crippen LogP contribution >= 0.6 is 23.4 Å². The normalized spacial score (nSPS) is 20.3. The van der Waals surface area contributed by atoms with Crippen LogP contribution in [0.5, 0.6) is 0 Å². The molecule has 3 rings (SSSR count). The molecule has 1 atom stereocenters. The molecule has 0 saturated carbocycles. The van der Waals surface area contributed by atoms with Crippen LogP contribution in [0, 0.1) is 0 Å². The van der Waals surface area contributed by atoms with Crippen molar-refractivity contribution >= 4 is 40.1 Å². The molecule has 124 valence electrons.